The number of benzene rings is 3. The van der Waals surface area contributed by atoms with Gasteiger partial charge >= 0.3 is 213 Å². The van der Waals surface area contributed by atoms with Crippen molar-refractivity contribution in [3.05, 3.63) is 74.8 Å². The second kappa shape index (κ2) is 10.8. The first-order valence-electron chi connectivity index (χ1n) is 13.4. The zero-order chi connectivity index (χ0) is 23.6. The molecule has 2 heteroatoms. The summed E-state index contributed by atoms with van der Waals surface area (Å²) in [6.07, 6.45) is 18.6. The zero-order valence-electron chi connectivity index (χ0n) is 20.7. The predicted octanol–water partition coefficient (Wildman–Crippen LogP) is 9.66. The average Bonchev–Trinajstić information content (AvgIpc) is 3.60. The van der Waals surface area contributed by atoms with Crippen LogP contribution in [0.3, 0.4) is 0 Å². The first-order chi connectivity index (χ1) is 17.3. The summed E-state index contributed by atoms with van der Waals surface area (Å²) >= 11 is 0.325. The molecule has 2 heterocycles. The molecule has 5 aromatic rings. The third-order valence-electron chi connectivity index (χ3n) is 7.61. The van der Waals surface area contributed by atoms with Crippen LogP contribution < -0.4 is 0 Å². The maximum absolute atomic E-state index is 2.49. The Balaban J connectivity index is 1.12. The van der Waals surface area contributed by atoms with Gasteiger partial charge in [-0.15, -0.1) is 0 Å². The van der Waals surface area contributed by atoms with Crippen molar-refractivity contribution < 1.29 is 0 Å². The summed E-state index contributed by atoms with van der Waals surface area (Å²) in [6, 6.07) is 19.5. The van der Waals surface area contributed by atoms with Crippen molar-refractivity contribution in [1.29, 1.82) is 0 Å². The van der Waals surface area contributed by atoms with E-state index in [0.717, 1.165) is 0 Å². The van der Waals surface area contributed by atoms with Crippen LogP contribution in [-0.2, 0) is 0 Å². The van der Waals surface area contributed by atoms with E-state index in [0.29, 0.717) is 14.5 Å². The molecule has 0 radical (unpaired) electrons. The molecule has 2 aromatic heterocycles. The van der Waals surface area contributed by atoms with Crippen LogP contribution in [0, 0.1) is 0 Å². The third-order valence-corrected chi connectivity index (χ3v) is 12.6. The van der Waals surface area contributed by atoms with E-state index < -0.39 is 0 Å². The Morgan fingerprint density at radius 2 is 1.37 bits per heavy atom. The Labute approximate surface area is 225 Å². The van der Waals surface area contributed by atoms with Crippen LogP contribution in [0.2, 0.25) is 0 Å². The fourth-order valence-electron chi connectivity index (χ4n) is 5.56. The summed E-state index contributed by atoms with van der Waals surface area (Å²) < 4.78 is 7.17. The molecule has 0 unspecified atom stereocenters. The van der Waals surface area contributed by atoms with Gasteiger partial charge in [-0.05, 0) is 0 Å². The third kappa shape index (κ3) is 5.28. The Hall–Kier alpha value is -1.55. The van der Waals surface area contributed by atoms with E-state index in [9.17, 15) is 0 Å². The Morgan fingerprint density at radius 3 is 2.20 bits per heavy atom. The molecule has 3 aromatic carbocycles. The molecule has 0 saturated heterocycles. The zero-order valence-corrected chi connectivity index (χ0v) is 24.8. The Bertz CT molecular complexity index is 1470. The molecule has 0 N–H and O–H groups in total. The van der Waals surface area contributed by atoms with E-state index in [1.54, 1.807) is 23.2 Å². The van der Waals surface area contributed by atoms with Crippen molar-refractivity contribution in [3.8, 4) is 0 Å². The number of hydrogen-bond donors (Lipinski definition) is 0. The van der Waals surface area contributed by atoms with Gasteiger partial charge in [0.1, 0.15) is 0 Å². The molecule has 0 atom stereocenters. The van der Waals surface area contributed by atoms with Gasteiger partial charge in [-0.25, -0.2) is 0 Å². The van der Waals surface area contributed by atoms with Crippen molar-refractivity contribution in [2.24, 2.45) is 0 Å². The van der Waals surface area contributed by atoms with Crippen LogP contribution in [0.25, 0.3) is 45.6 Å². The molecule has 0 spiro atoms. The van der Waals surface area contributed by atoms with Crippen molar-refractivity contribution in [2.75, 3.05) is 0 Å². The van der Waals surface area contributed by atoms with Crippen LogP contribution in [0.4, 0.5) is 0 Å². The molecule has 1 aliphatic carbocycles. The van der Waals surface area contributed by atoms with Gasteiger partial charge in [0.05, 0.1) is 0 Å². The summed E-state index contributed by atoms with van der Waals surface area (Å²) in [6.45, 7) is 2.30. The number of unbranched alkanes of at least 4 members (excludes halogenated alkanes) is 7. The monoisotopic (exact) mass is 640 g/mol. The Kier molecular flexibility index (Phi) is 7.37. The van der Waals surface area contributed by atoms with E-state index in [4.69, 9.17) is 0 Å². The summed E-state index contributed by atoms with van der Waals surface area (Å²) in [7, 11) is 0. The minimum absolute atomic E-state index is 0.106. The Morgan fingerprint density at radius 1 is 0.686 bits per heavy atom. The fourth-order valence-corrected chi connectivity index (χ4v) is 10.2. The van der Waals surface area contributed by atoms with Crippen LogP contribution in [0.1, 0.15) is 75.6 Å². The molecule has 0 saturated carbocycles. The number of fused-ring (bicyclic) bond motifs is 4. The molecule has 35 heavy (non-hydrogen) atoms. The van der Waals surface area contributed by atoms with Crippen LogP contribution in [0.15, 0.2) is 70.3 Å². The second-order valence-corrected chi connectivity index (χ2v) is 15.3. The van der Waals surface area contributed by atoms with Gasteiger partial charge in [0, 0.05) is 0 Å². The maximum atomic E-state index is 2.49. The summed E-state index contributed by atoms with van der Waals surface area (Å²) in [5, 5.41) is 8.50. The molecule has 0 fully saturated rings. The molecule has 1 aliphatic rings. The molecule has 178 valence electrons. The van der Waals surface area contributed by atoms with Gasteiger partial charge in [0.2, 0.25) is 0 Å². The fraction of sp³-hybridized carbons (Fsp3) is 0.333. The summed E-state index contributed by atoms with van der Waals surface area (Å²) in [4.78, 5) is 0. The van der Waals surface area contributed by atoms with Crippen molar-refractivity contribution in [2.45, 2.75) is 71.1 Å². The number of allylic oxidation sites excluding steroid dienone is 4. The van der Waals surface area contributed by atoms with Crippen molar-refractivity contribution in [3.63, 3.8) is 0 Å². The quantitative estimate of drug-likeness (QED) is 0.0813. The van der Waals surface area contributed by atoms with E-state index in [1.165, 1.54) is 96.5 Å². The van der Waals surface area contributed by atoms with Crippen LogP contribution in [-0.4, -0.2) is 34.9 Å². The summed E-state index contributed by atoms with van der Waals surface area (Å²) in [5.74, 6) is 0. The van der Waals surface area contributed by atoms with Gasteiger partial charge in [-0.3, -0.25) is 0 Å². The van der Waals surface area contributed by atoms with E-state index >= 15 is 0 Å². The summed E-state index contributed by atoms with van der Waals surface area (Å²) in [5.41, 5.74) is 3.23. The SMILES string of the molecule is CCCCCCCCCCC1=CC=C(c2cc3cc4cc5cc6cc[te]c6cc5cc4cc3[se]2)C1. The molecule has 0 nitrogen and oxygen atoms in total. The number of hydrogen-bond acceptors (Lipinski definition) is 0. The van der Waals surface area contributed by atoms with Gasteiger partial charge in [-0.1, -0.05) is 13.3 Å². The van der Waals surface area contributed by atoms with E-state index in [-0.39, 0.29) is 20.4 Å². The normalized spacial score (nSPS) is 14.0. The van der Waals surface area contributed by atoms with E-state index in [2.05, 4.69) is 71.7 Å². The molecule has 0 aliphatic heterocycles. The molecule has 0 amide bonds. The standard InChI is InChI=1S/C33H34SeTe/c1-2-3-4-5-6-7-8-9-10-23-11-12-24(15-23)31-21-30-19-27-17-26-16-25-13-14-35-33(25)22-29(26)18-28(27)20-32(30)34-31/h11-14,16-22H,2-10,15H2,1H3. The van der Waals surface area contributed by atoms with Crippen LogP contribution in [0.5, 0.6) is 0 Å². The van der Waals surface area contributed by atoms with Gasteiger partial charge < -0.3 is 0 Å². The predicted molar refractivity (Wildman–Crippen MR) is 158 cm³/mol. The topological polar surface area (TPSA) is 0 Å². The van der Waals surface area contributed by atoms with Gasteiger partial charge in [0.15, 0.2) is 0 Å². The molecular weight excluding hydrogens is 603 g/mol. The van der Waals surface area contributed by atoms with Crippen molar-refractivity contribution >= 4 is 80.5 Å². The van der Waals surface area contributed by atoms with Crippen molar-refractivity contribution in [1.82, 2.24) is 0 Å². The minimum atomic E-state index is -0.106. The first-order valence-corrected chi connectivity index (χ1v) is 17.7. The molecule has 0 bridgehead atoms. The van der Waals surface area contributed by atoms with Crippen LogP contribution >= 0.6 is 0 Å². The number of rotatable bonds is 10. The molecule has 6 rings (SSSR count). The molecular formula is C33H34SeTe. The van der Waals surface area contributed by atoms with Gasteiger partial charge in [-0.2, -0.15) is 0 Å². The average molecular weight is 637 g/mol. The second-order valence-electron chi connectivity index (χ2n) is 10.3. The van der Waals surface area contributed by atoms with E-state index in [1.807, 2.05) is 0 Å². The first kappa shape index (κ1) is 23.8. The van der Waals surface area contributed by atoms with Gasteiger partial charge in [0.25, 0.3) is 0 Å².